The van der Waals surface area contributed by atoms with Crippen molar-refractivity contribution in [1.82, 2.24) is 4.98 Å². The third-order valence-corrected chi connectivity index (χ3v) is 2.50. The molecule has 0 saturated heterocycles. The van der Waals surface area contributed by atoms with E-state index in [4.69, 9.17) is 0 Å². The number of carbonyl (C=O) groups is 1. The molecule has 1 aromatic carbocycles. The smallest absolute Gasteiger partial charge is 0.170 e. The summed E-state index contributed by atoms with van der Waals surface area (Å²) in [6, 6.07) is 12.1. The summed E-state index contributed by atoms with van der Waals surface area (Å²) < 4.78 is 0. The van der Waals surface area contributed by atoms with E-state index < -0.39 is 5.60 Å². The highest BCUT2D eigenvalue weighted by atomic mass is 16.3. The molecular weight excluding hydrogens is 202 g/mol. The number of hydrogen-bond donors (Lipinski definition) is 1. The minimum Gasteiger partial charge on any atom is -0.373 e. The minimum absolute atomic E-state index is 0.517. The maximum Gasteiger partial charge on any atom is 0.170 e. The quantitative estimate of drug-likeness (QED) is 0.786. The normalized spacial score (nSPS) is 14.1. The van der Waals surface area contributed by atoms with Crippen LogP contribution in [0.25, 0.3) is 0 Å². The van der Waals surface area contributed by atoms with Gasteiger partial charge in [-0.2, -0.15) is 0 Å². The summed E-state index contributed by atoms with van der Waals surface area (Å²) in [5, 5.41) is 10.4. The third-order valence-electron chi connectivity index (χ3n) is 2.50. The molecule has 0 amide bonds. The van der Waals surface area contributed by atoms with Gasteiger partial charge in [0, 0.05) is 12.4 Å². The average Bonchev–Trinajstić information content (AvgIpc) is 2.40. The molecule has 1 heterocycles. The molecule has 1 N–H and O–H groups in total. The molecule has 16 heavy (non-hydrogen) atoms. The van der Waals surface area contributed by atoms with Crippen molar-refractivity contribution in [3.05, 3.63) is 66.0 Å². The zero-order valence-electron chi connectivity index (χ0n) is 8.58. The lowest BCUT2D eigenvalue weighted by molar-refractivity contribution is -0.121. The fourth-order valence-corrected chi connectivity index (χ4v) is 1.60. The molecule has 0 radical (unpaired) electrons. The number of aldehydes is 1. The molecule has 1 aromatic heterocycles. The topological polar surface area (TPSA) is 50.2 Å². The van der Waals surface area contributed by atoms with Gasteiger partial charge >= 0.3 is 0 Å². The monoisotopic (exact) mass is 213 g/mol. The number of benzene rings is 1. The Bertz CT molecular complexity index is 428. The van der Waals surface area contributed by atoms with Crippen LogP contribution < -0.4 is 0 Å². The van der Waals surface area contributed by atoms with E-state index in [-0.39, 0.29) is 0 Å². The molecule has 1 atom stereocenters. The lowest BCUT2D eigenvalue weighted by Crippen LogP contribution is -2.28. The largest absolute Gasteiger partial charge is 0.373 e. The standard InChI is InChI=1S/C13H11NO2/c15-10-13(16,11-4-2-1-3-5-11)12-6-8-14-9-7-12/h1-10,16H. The summed E-state index contributed by atoms with van der Waals surface area (Å²) >= 11 is 0. The van der Waals surface area contributed by atoms with Gasteiger partial charge in [-0.05, 0) is 23.3 Å². The highest BCUT2D eigenvalue weighted by Crippen LogP contribution is 2.26. The summed E-state index contributed by atoms with van der Waals surface area (Å²) in [6.45, 7) is 0. The molecule has 0 bridgehead atoms. The van der Waals surface area contributed by atoms with Gasteiger partial charge in [0.15, 0.2) is 11.9 Å². The van der Waals surface area contributed by atoms with E-state index in [1.54, 1.807) is 48.8 Å². The third kappa shape index (κ3) is 1.73. The van der Waals surface area contributed by atoms with Crippen molar-refractivity contribution in [1.29, 1.82) is 0 Å². The Morgan fingerprint density at radius 1 is 1.00 bits per heavy atom. The summed E-state index contributed by atoms with van der Waals surface area (Å²) in [7, 11) is 0. The Morgan fingerprint density at radius 3 is 2.12 bits per heavy atom. The zero-order valence-corrected chi connectivity index (χ0v) is 8.58. The summed E-state index contributed by atoms with van der Waals surface area (Å²) in [5.74, 6) is 0. The fraction of sp³-hybridized carbons (Fsp3) is 0.0769. The highest BCUT2D eigenvalue weighted by molar-refractivity contribution is 5.71. The van der Waals surface area contributed by atoms with Crippen LogP contribution in [0, 0.1) is 0 Å². The number of carbonyl (C=O) groups excluding carboxylic acids is 1. The number of nitrogens with zero attached hydrogens (tertiary/aromatic N) is 1. The van der Waals surface area contributed by atoms with Crippen LogP contribution in [0.4, 0.5) is 0 Å². The van der Waals surface area contributed by atoms with E-state index in [0.29, 0.717) is 17.4 Å². The van der Waals surface area contributed by atoms with E-state index in [9.17, 15) is 9.90 Å². The van der Waals surface area contributed by atoms with Gasteiger partial charge in [-0.3, -0.25) is 9.78 Å². The van der Waals surface area contributed by atoms with Gasteiger partial charge in [0.25, 0.3) is 0 Å². The fourth-order valence-electron chi connectivity index (χ4n) is 1.60. The first-order valence-corrected chi connectivity index (χ1v) is 4.92. The molecule has 2 rings (SSSR count). The maximum atomic E-state index is 11.2. The van der Waals surface area contributed by atoms with E-state index in [2.05, 4.69) is 4.98 Å². The first-order chi connectivity index (χ1) is 7.77. The Hall–Kier alpha value is -2.00. The van der Waals surface area contributed by atoms with E-state index in [1.165, 1.54) is 0 Å². The van der Waals surface area contributed by atoms with Gasteiger partial charge in [-0.25, -0.2) is 0 Å². The molecule has 0 fully saturated rings. The second-order valence-electron chi connectivity index (χ2n) is 3.49. The second kappa shape index (κ2) is 4.24. The van der Waals surface area contributed by atoms with Gasteiger partial charge in [0.05, 0.1) is 0 Å². The maximum absolute atomic E-state index is 11.2. The Morgan fingerprint density at radius 2 is 1.56 bits per heavy atom. The summed E-state index contributed by atoms with van der Waals surface area (Å²) in [4.78, 5) is 15.0. The Balaban J connectivity index is 2.53. The van der Waals surface area contributed by atoms with Crippen molar-refractivity contribution in [2.24, 2.45) is 0 Å². The molecule has 2 aromatic rings. The van der Waals surface area contributed by atoms with Crippen LogP contribution in [-0.4, -0.2) is 16.4 Å². The molecular formula is C13H11NO2. The molecule has 0 aliphatic rings. The van der Waals surface area contributed by atoms with Crippen LogP contribution in [0.5, 0.6) is 0 Å². The van der Waals surface area contributed by atoms with Crippen molar-refractivity contribution in [3.63, 3.8) is 0 Å². The number of rotatable bonds is 3. The molecule has 0 aliphatic heterocycles. The van der Waals surface area contributed by atoms with Crippen molar-refractivity contribution >= 4 is 6.29 Å². The van der Waals surface area contributed by atoms with Crippen LogP contribution in [-0.2, 0) is 10.4 Å². The molecule has 80 valence electrons. The average molecular weight is 213 g/mol. The predicted molar refractivity (Wildman–Crippen MR) is 59.7 cm³/mol. The molecule has 3 heteroatoms. The molecule has 0 spiro atoms. The first-order valence-electron chi connectivity index (χ1n) is 4.92. The summed E-state index contributed by atoms with van der Waals surface area (Å²) in [5.41, 5.74) is -0.524. The first kappa shape index (κ1) is 10.5. The number of hydrogen-bond acceptors (Lipinski definition) is 3. The number of aliphatic hydroxyl groups is 1. The van der Waals surface area contributed by atoms with Crippen LogP contribution in [0.1, 0.15) is 11.1 Å². The number of pyridine rings is 1. The van der Waals surface area contributed by atoms with Crippen molar-refractivity contribution in [3.8, 4) is 0 Å². The molecule has 3 nitrogen and oxygen atoms in total. The molecule has 0 aliphatic carbocycles. The van der Waals surface area contributed by atoms with Gasteiger partial charge in [-0.15, -0.1) is 0 Å². The minimum atomic E-state index is -1.59. The van der Waals surface area contributed by atoms with Gasteiger partial charge < -0.3 is 5.11 Å². The lowest BCUT2D eigenvalue weighted by Gasteiger charge is -2.22. The van der Waals surface area contributed by atoms with Gasteiger partial charge in [0.1, 0.15) is 0 Å². The van der Waals surface area contributed by atoms with Crippen LogP contribution >= 0.6 is 0 Å². The van der Waals surface area contributed by atoms with Gasteiger partial charge in [-0.1, -0.05) is 30.3 Å². The van der Waals surface area contributed by atoms with E-state index in [1.807, 2.05) is 6.07 Å². The number of aromatic nitrogens is 1. The van der Waals surface area contributed by atoms with Crippen molar-refractivity contribution in [2.45, 2.75) is 5.60 Å². The van der Waals surface area contributed by atoms with Crippen LogP contribution in [0.3, 0.4) is 0 Å². The lowest BCUT2D eigenvalue weighted by atomic mass is 9.88. The van der Waals surface area contributed by atoms with Crippen molar-refractivity contribution in [2.75, 3.05) is 0 Å². The summed E-state index contributed by atoms with van der Waals surface area (Å²) in [6.07, 6.45) is 3.64. The van der Waals surface area contributed by atoms with E-state index in [0.717, 1.165) is 0 Å². The Labute approximate surface area is 93.4 Å². The SMILES string of the molecule is O=CC(O)(c1ccccc1)c1ccncc1. The van der Waals surface area contributed by atoms with E-state index >= 15 is 0 Å². The highest BCUT2D eigenvalue weighted by Gasteiger charge is 2.30. The molecule has 1 unspecified atom stereocenters. The van der Waals surface area contributed by atoms with Crippen LogP contribution in [0.2, 0.25) is 0 Å². The Kier molecular flexibility index (Phi) is 2.79. The predicted octanol–water partition coefficient (Wildman–Crippen LogP) is 1.52. The molecule has 0 saturated carbocycles. The van der Waals surface area contributed by atoms with Crippen molar-refractivity contribution < 1.29 is 9.90 Å². The van der Waals surface area contributed by atoms with Gasteiger partial charge in [0.2, 0.25) is 0 Å². The van der Waals surface area contributed by atoms with Crippen LogP contribution in [0.15, 0.2) is 54.9 Å². The second-order valence-corrected chi connectivity index (χ2v) is 3.49. The zero-order chi connectivity index (χ0) is 11.4.